The second-order valence-electron chi connectivity index (χ2n) is 9.46. The van der Waals surface area contributed by atoms with Crippen LogP contribution in [0.3, 0.4) is 0 Å². The average molecular weight is 447 g/mol. The van der Waals surface area contributed by atoms with Gasteiger partial charge in [0.15, 0.2) is 0 Å². The van der Waals surface area contributed by atoms with Gasteiger partial charge in [-0.05, 0) is 76.0 Å². The predicted molar refractivity (Wildman–Crippen MR) is 138 cm³/mol. The molecule has 0 aliphatic rings. The zero-order valence-electron chi connectivity index (χ0n) is 21.5. The van der Waals surface area contributed by atoms with Crippen LogP contribution in [0.2, 0.25) is 0 Å². The summed E-state index contributed by atoms with van der Waals surface area (Å²) in [5.74, 6) is 2.22. The molecular formula is C29H38N2O2. The molecule has 1 aromatic heterocycles. The number of hydrogen-bond acceptors (Lipinski definition) is 4. The zero-order chi connectivity index (χ0) is 24.1. The van der Waals surface area contributed by atoms with E-state index in [1.807, 2.05) is 6.92 Å². The first-order chi connectivity index (χ1) is 15.7. The normalized spacial score (nSPS) is 11.3. The first-order valence-electron chi connectivity index (χ1n) is 11.7. The molecule has 3 rings (SSSR count). The molecule has 176 valence electrons. The van der Waals surface area contributed by atoms with Crippen molar-refractivity contribution in [2.75, 3.05) is 27.2 Å². The lowest BCUT2D eigenvalue weighted by molar-refractivity contribution is 0.248. The van der Waals surface area contributed by atoms with Crippen molar-refractivity contribution in [2.45, 2.75) is 54.1 Å². The fraction of sp³-hybridized carbons (Fsp3) is 0.414. The van der Waals surface area contributed by atoms with Gasteiger partial charge in [0, 0.05) is 23.9 Å². The summed E-state index contributed by atoms with van der Waals surface area (Å²) in [6, 6.07) is 14.9. The van der Waals surface area contributed by atoms with Crippen LogP contribution in [-0.2, 0) is 6.61 Å². The summed E-state index contributed by atoms with van der Waals surface area (Å²) in [6.45, 7) is 14.7. The van der Waals surface area contributed by atoms with Gasteiger partial charge in [0.1, 0.15) is 24.7 Å². The molecule has 0 aliphatic heterocycles. The highest BCUT2D eigenvalue weighted by Gasteiger charge is 2.16. The van der Waals surface area contributed by atoms with E-state index < -0.39 is 0 Å². The second-order valence-corrected chi connectivity index (χ2v) is 9.46. The third-order valence-electron chi connectivity index (χ3n) is 6.07. The highest BCUT2D eigenvalue weighted by atomic mass is 16.5. The Bertz CT molecular complexity index is 1080. The molecule has 4 heteroatoms. The predicted octanol–water partition coefficient (Wildman–Crippen LogP) is 6.63. The van der Waals surface area contributed by atoms with Crippen LogP contribution in [0.25, 0.3) is 11.3 Å². The van der Waals surface area contributed by atoms with Crippen LogP contribution < -0.4 is 9.47 Å². The Labute approximate surface area is 199 Å². The summed E-state index contributed by atoms with van der Waals surface area (Å²) in [4.78, 5) is 7.10. The summed E-state index contributed by atoms with van der Waals surface area (Å²) in [5.41, 5.74) is 8.89. The van der Waals surface area contributed by atoms with Crippen LogP contribution in [0.5, 0.6) is 11.5 Å². The van der Waals surface area contributed by atoms with Gasteiger partial charge in [0.05, 0.1) is 11.3 Å². The maximum atomic E-state index is 6.33. The summed E-state index contributed by atoms with van der Waals surface area (Å²) in [7, 11) is 4.11. The molecule has 0 amide bonds. The van der Waals surface area contributed by atoms with Crippen LogP contribution >= 0.6 is 0 Å². The molecule has 3 aromatic rings. The molecule has 0 unspecified atom stereocenters. The molecule has 4 nitrogen and oxygen atoms in total. The van der Waals surface area contributed by atoms with Crippen molar-refractivity contribution in [3.8, 4) is 22.8 Å². The number of ether oxygens (including phenoxy) is 2. The first-order valence-corrected chi connectivity index (χ1v) is 11.7. The second kappa shape index (κ2) is 10.8. The maximum absolute atomic E-state index is 6.33. The molecule has 33 heavy (non-hydrogen) atoms. The fourth-order valence-corrected chi connectivity index (χ4v) is 3.94. The number of benzene rings is 2. The van der Waals surface area contributed by atoms with Gasteiger partial charge in [0.25, 0.3) is 0 Å². The largest absolute Gasteiger partial charge is 0.492 e. The molecular weight excluding hydrogens is 408 g/mol. The van der Waals surface area contributed by atoms with Crippen molar-refractivity contribution in [1.29, 1.82) is 0 Å². The van der Waals surface area contributed by atoms with Gasteiger partial charge in [-0.3, -0.25) is 4.98 Å². The van der Waals surface area contributed by atoms with Crippen LogP contribution in [0.4, 0.5) is 0 Å². The number of aromatic nitrogens is 1. The summed E-state index contributed by atoms with van der Waals surface area (Å²) in [6.07, 6.45) is 0. The summed E-state index contributed by atoms with van der Waals surface area (Å²) >= 11 is 0. The first kappa shape index (κ1) is 24.8. The molecule has 0 spiro atoms. The molecule has 0 bridgehead atoms. The van der Waals surface area contributed by atoms with Crippen molar-refractivity contribution in [3.05, 3.63) is 76.0 Å². The van der Waals surface area contributed by atoms with Gasteiger partial charge in [-0.25, -0.2) is 0 Å². The van der Waals surface area contributed by atoms with Crippen LogP contribution in [0.1, 0.15) is 53.3 Å². The van der Waals surface area contributed by atoms with Crippen LogP contribution in [0.15, 0.2) is 42.5 Å². The lowest BCUT2D eigenvalue weighted by Gasteiger charge is -2.19. The summed E-state index contributed by atoms with van der Waals surface area (Å²) < 4.78 is 12.6. The third-order valence-corrected chi connectivity index (χ3v) is 6.07. The molecule has 0 N–H and O–H groups in total. The average Bonchev–Trinajstić information content (AvgIpc) is 2.73. The Balaban J connectivity index is 1.97. The number of aryl methyl sites for hydroxylation is 4. The van der Waals surface area contributed by atoms with Gasteiger partial charge in [-0.1, -0.05) is 44.2 Å². The smallest absolute Gasteiger partial charge is 0.129 e. The van der Waals surface area contributed by atoms with Gasteiger partial charge in [-0.2, -0.15) is 0 Å². The lowest BCUT2D eigenvalue weighted by atomic mass is 9.98. The van der Waals surface area contributed by atoms with Crippen molar-refractivity contribution >= 4 is 0 Å². The van der Waals surface area contributed by atoms with E-state index in [1.165, 1.54) is 22.3 Å². The van der Waals surface area contributed by atoms with Crippen molar-refractivity contribution in [2.24, 2.45) is 0 Å². The SMILES string of the molecule is Cc1ccc(C(C)C)cc1OCc1c(OCCN(C)C)cc(-c2c(C)cccc2C)nc1C. The highest BCUT2D eigenvalue weighted by Crippen LogP contribution is 2.33. The quantitative estimate of drug-likeness (QED) is 0.370. The molecule has 0 fully saturated rings. The number of nitrogens with zero attached hydrogens (tertiary/aromatic N) is 2. The number of hydrogen-bond donors (Lipinski definition) is 0. The number of likely N-dealkylation sites (N-methyl/N-ethyl adjacent to an activating group) is 1. The van der Waals surface area contributed by atoms with E-state index in [2.05, 4.69) is 96.1 Å². The summed E-state index contributed by atoms with van der Waals surface area (Å²) in [5, 5.41) is 0. The Hall–Kier alpha value is -2.85. The van der Waals surface area contributed by atoms with E-state index in [0.717, 1.165) is 40.6 Å². The minimum Gasteiger partial charge on any atom is -0.492 e. The molecule has 0 saturated heterocycles. The van der Waals surface area contributed by atoms with E-state index >= 15 is 0 Å². The Morgan fingerprint density at radius 1 is 0.848 bits per heavy atom. The zero-order valence-corrected chi connectivity index (χ0v) is 21.5. The van der Waals surface area contributed by atoms with Crippen molar-refractivity contribution in [1.82, 2.24) is 9.88 Å². The highest BCUT2D eigenvalue weighted by molar-refractivity contribution is 5.69. The van der Waals surface area contributed by atoms with Crippen molar-refractivity contribution < 1.29 is 9.47 Å². The monoisotopic (exact) mass is 446 g/mol. The van der Waals surface area contributed by atoms with Gasteiger partial charge < -0.3 is 14.4 Å². The van der Waals surface area contributed by atoms with Crippen molar-refractivity contribution in [3.63, 3.8) is 0 Å². The number of rotatable bonds is 9. The van der Waals surface area contributed by atoms with E-state index in [9.17, 15) is 0 Å². The van der Waals surface area contributed by atoms with E-state index in [-0.39, 0.29) is 0 Å². The standard InChI is InChI=1S/C29H38N2O2/c1-19(2)24-13-12-20(3)27(16-24)33-18-25-23(6)30-26(17-28(25)32-15-14-31(7)8)29-21(4)10-9-11-22(29)5/h9-13,16-17,19H,14-15,18H2,1-8H3. The molecule has 0 aliphatic carbocycles. The minimum atomic E-state index is 0.422. The van der Waals surface area contributed by atoms with Crippen LogP contribution in [-0.4, -0.2) is 37.1 Å². The van der Waals surface area contributed by atoms with Gasteiger partial charge in [-0.15, -0.1) is 0 Å². The van der Waals surface area contributed by atoms with E-state index in [4.69, 9.17) is 14.5 Å². The Morgan fingerprint density at radius 2 is 1.55 bits per heavy atom. The number of pyridine rings is 1. The lowest BCUT2D eigenvalue weighted by Crippen LogP contribution is -2.20. The molecule has 0 atom stereocenters. The van der Waals surface area contributed by atoms with Crippen LogP contribution in [0, 0.1) is 27.7 Å². The molecule has 2 aromatic carbocycles. The molecule has 0 saturated carbocycles. The van der Waals surface area contributed by atoms with Gasteiger partial charge >= 0.3 is 0 Å². The van der Waals surface area contributed by atoms with E-state index in [0.29, 0.717) is 19.1 Å². The molecule has 0 radical (unpaired) electrons. The van der Waals surface area contributed by atoms with Gasteiger partial charge in [0.2, 0.25) is 0 Å². The maximum Gasteiger partial charge on any atom is 0.129 e. The Kier molecular flexibility index (Phi) is 8.15. The van der Waals surface area contributed by atoms with E-state index in [1.54, 1.807) is 0 Å². The third kappa shape index (κ3) is 6.14. The topological polar surface area (TPSA) is 34.6 Å². The minimum absolute atomic E-state index is 0.422. The fourth-order valence-electron chi connectivity index (χ4n) is 3.94. The Morgan fingerprint density at radius 3 is 2.18 bits per heavy atom. The molecule has 1 heterocycles.